The molecule has 0 amide bonds. The van der Waals surface area contributed by atoms with Crippen molar-refractivity contribution in [1.82, 2.24) is 9.55 Å². The number of aliphatic hydroxyl groups excluding tert-OH is 1. The van der Waals surface area contributed by atoms with Crippen molar-refractivity contribution in [3.63, 3.8) is 0 Å². The van der Waals surface area contributed by atoms with Crippen molar-refractivity contribution in [2.75, 3.05) is 7.11 Å². The van der Waals surface area contributed by atoms with Gasteiger partial charge in [-0.25, -0.2) is 9.79 Å². The number of nitrogens with one attached hydrogen (secondary N) is 2. The van der Waals surface area contributed by atoms with Gasteiger partial charge in [-0.2, -0.15) is 4.57 Å². The number of aromatic amines is 1. The van der Waals surface area contributed by atoms with Crippen LogP contribution in [0.4, 0.5) is 5.82 Å². The van der Waals surface area contributed by atoms with E-state index >= 15 is 0 Å². The normalized spacial score (nSPS) is 16.5. The fraction of sp³-hybridized carbons (Fsp3) is 0.174. The van der Waals surface area contributed by atoms with Crippen LogP contribution in [-0.2, 0) is 6.54 Å². The molecule has 156 valence electrons. The van der Waals surface area contributed by atoms with E-state index in [1.165, 1.54) is 4.57 Å². The van der Waals surface area contributed by atoms with E-state index in [1.54, 1.807) is 7.11 Å². The lowest BCUT2D eigenvalue weighted by molar-refractivity contribution is -0.364. The van der Waals surface area contributed by atoms with E-state index in [-0.39, 0.29) is 5.76 Å². The summed E-state index contributed by atoms with van der Waals surface area (Å²) < 4.78 is 7.92. The molecule has 3 aromatic rings. The first-order valence-corrected chi connectivity index (χ1v) is 10.6. The number of allylic oxidation sites excluding steroid dienone is 1. The number of rotatable bonds is 3. The van der Waals surface area contributed by atoms with Crippen LogP contribution in [0.25, 0.3) is 5.76 Å². The summed E-state index contributed by atoms with van der Waals surface area (Å²) in [6, 6.07) is 13.0. The van der Waals surface area contributed by atoms with Crippen LogP contribution in [0.2, 0.25) is 0 Å². The van der Waals surface area contributed by atoms with E-state index in [0.29, 0.717) is 46.1 Å². The third kappa shape index (κ3) is 2.75. The average molecular weight is 481 g/mol. The second-order valence-electron chi connectivity index (χ2n) is 7.39. The Morgan fingerprint density at radius 1 is 1.19 bits per heavy atom. The molecular weight excluding hydrogens is 462 g/mol. The number of aliphatic hydroxyl groups is 1. The molecule has 0 radical (unpaired) electrons. The van der Waals surface area contributed by atoms with Crippen LogP contribution in [0.5, 0.6) is 5.75 Å². The first-order chi connectivity index (χ1) is 15.0. The lowest BCUT2D eigenvalue weighted by atomic mass is 9.81. The number of fused-ring (bicyclic) bond motifs is 4. The van der Waals surface area contributed by atoms with Crippen LogP contribution in [0, 0.1) is 0 Å². The van der Waals surface area contributed by atoms with Crippen LogP contribution in [0.15, 0.2) is 62.1 Å². The number of methoxy groups -OCH3 is 1. The molecule has 0 bridgehead atoms. The van der Waals surface area contributed by atoms with Gasteiger partial charge in [0, 0.05) is 21.2 Å². The van der Waals surface area contributed by atoms with E-state index < -0.39 is 17.2 Å². The summed E-state index contributed by atoms with van der Waals surface area (Å²) in [5, 5.41) is 11.2. The Morgan fingerprint density at radius 2 is 1.94 bits per heavy atom. The van der Waals surface area contributed by atoms with Crippen LogP contribution in [0.3, 0.4) is 0 Å². The van der Waals surface area contributed by atoms with Gasteiger partial charge in [-0.3, -0.25) is 9.78 Å². The third-order valence-corrected chi connectivity index (χ3v) is 6.34. The van der Waals surface area contributed by atoms with Gasteiger partial charge in [0.1, 0.15) is 22.8 Å². The summed E-state index contributed by atoms with van der Waals surface area (Å²) in [6.45, 7) is 2.21. The van der Waals surface area contributed by atoms with Crippen LogP contribution < -0.4 is 21.0 Å². The fourth-order valence-corrected chi connectivity index (χ4v) is 4.91. The van der Waals surface area contributed by atoms with Gasteiger partial charge in [0.15, 0.2) is 0 Å². The van der Waals surface area contributed by atoms with Gasteiger partial charge in [-0.05, 0) is 31.2 Å². The van der Waals surface area contributed by atoms with E-state index in [0.717, 1.165) is 10.0 Å². The summed E-state index contributed by atoms with van der Waals surface area (Å²) in [6.07, 6.45) is 0. The highest BCUT2D eigenvalue weighted by atomic mass is 79.9. The number of nitrogens with zero attached hydrogens (tertiary/aromatic N) is 1. The number of hydrogen-bond acceptors (Lipinski definition) is 4. The predicted octanol–water partition coefficient (Wildman–Crippen LogP) is 1.96. The predicted molar refractivity (Wildman–Crippen MR) is 120 cm³/mol. The van der Waals surface area contributed by atoms with Crippen molar-refractivity contribution in [2.45, 2.75) is 19.4 Å². The Hall–Kier alpha value is -3.39. The SMILES string of the molecule is CCn1c2c(c(=O)[nH]c1=O)C(c1cc(Br)ccc1OC)C1=C(O)c3ccccc3C1=[NH+]2. The van der Waals surface area contributed by atoms with E-state index in [4.69, 9.17) is 4.74 Å². The van der Waals surface area contributed by atoms with E-state index in [2.05, 4.69) is 25.9 Å². The Kier molecular flexibility index (Phi) is 4.48. The number of ether oxygens (including phenoxy) is 1. The van der Waals surface area contributed by atoms with Crippen molar-refractivity contribution in [3.8, 4) is 5.75 Å². The Morgan fingerprint density at radius 3 is 2.65 bits per heavy atom. The second-order valence-corrected chi connectivity index (χ2v) is 8.31. The highest BCUT2D eigenvalue weighted by Crippen LogP contribution is 2.46. The first kappa shape index (κ1) is 19.6. The molecule has 5 rings (SSSR count). The minimum absolute atomic E-state index is 0.101. The van der Waals surface area contributed by atoms with Crippen molar-refractivity contribution in [2.24, 2.45) is 0 Å². The van der Waals surface area contributed by atoms with Gasteiger partial charge in [0.25, 0.3) is 11.4 Å². The maximum Gasteiger partial charge on any atom is 0.415 e. The lowest BCUT2D eigenvalue weighted by Gasteiger charge is -2.25. The standard InChI is InChI=1S/C23H18BrN3O4/c1-3-27-21-18(22(29)26-23(27)30)16(14-10-11(24)8-9-15(14)31-2)17-19(25-21)12-6-4-5-7-13(12)20(17)28/h4-10,16,28H,3H2,1-2H3,(H,26,29,30)/p+1. The summed E-state index contributed by atoms with van der Waals surface area (Å²) in [5.41, 5.74) is 2.83. The molecule has 2 aliphatic rings. The first-order valence-electron chi connectivity index (χ1n) is 9.84. The monoisotopic (exact) mass is 480 g/mol. The molecule has 2 aromatic carbocycles. The van der Waals surface area contributed by atoms with Crippen molar-refractivity contribution in [3.05, 3.63) is 95.6 Å². The molecule has 0 fully saturated rings. The Labute approximate surface area is 185 Å². The van der Waals surface area contributed by atoms with Crippen LogP contribution in [-0.4, -0.2) is 27.5 Å². The minimum atomic E-state index is -0.645. The van der Waals surface area contributed by atoms with Gasteiger partial charge in [0.2, 0.25) is 0 Å². The van der Waals surface area contributed by atoms with Crippen molar-refractivity contribution >= 4 is 33.2 Å². The van der Waals surface area contributed by atoms with Gasteiger partial charge < -0.3 is 9.84 Å². The van der Waals surface area contributed by atoms with Gasteiger partial charge >= 0.3 is 5.69 Å². The summed E-state index contributed by atoms with van der Waals surface area (Å²) in [7, 11) is 1.56. The molecule has 31 heavy (non-hydrogen) atoms. The second kappa shape index (κ2) is 7.09. The molecule has 0 saturated heterocycles. The smallest absolute Gasteiger partial charge is 0.415 e. The van der Waals surface area contributed by atoms with Gasteiger partial charge in [0.05, 0.1) is 25.1 Å². The molecule has 3 N–H and O–H groups in total. The zero-order valence-electron chi connectivity index (χ0n) is 16.8. The van der Waals surface area contributed by atoms with E-state index in [9.17, 15) is 14.7 Å². The molecule has 7 nitrogen and oxygen atoms in total. The number of benzene rings is 2. The van der Waals surface area contributed by atoms with Gasteiger partial charge in [-0.15, -0.1) is 0 Å². The van der Waals surface area contributed by atoms with Crippen molar-refractivity contribution < 1.29 is 14.8 Å². The summed E-state index contributed by atoms with van der Waals surface area (Å²) >= 11 is 3.51. The fourth-order valence-electron chi connectivity index (χ4n) is 4.53. The Bertz CT molecular complexity index is 1430. The highest BCUT2D eigenvalue weighted by Gasteiger charge is 2.45. The average Bonchev–Trinajstić information content (AvgIpc) is 3.05. The maximum atomic E-state index is 13.1. The highest BCUT2D eigenvalue weighted by molar-refractivity contribution is 9.10. The zero-order chi connectivity index (χ0) is 21.9. The molecule has 1 atom stereocenters. The van der Waals surface area contributed by atoms with E-state index in [1.807, 2.05) is 49.4 Å². The largest absolute Gasteiger partial charge is 0.507 e. The quantitative estimate of drug-likeness (QED) is 0.533. The molecule has 1 aliphatic heterocycles. The van der Waals surface area contributed by atoms with Gasteiger partial charge in [-0.1, -0.05) is 34.1 Å². The molecule has 1 aliphatic carbocycles. The molecule has 2 heterocycles. The molecule has 0 spiro atoms. The molecule has 1 aromatic heterocycles. The van der Waals surface area contributed by atoms with Crippen LogP contribution >= 0.6 is 15.9 Å². The van der Waals surface area contributed by atoms with Crippen molar-refractivity contribution in [1.29, 1.82) is 0 Å². The zero-order valence-corrected chi connectivity index (χ0v) is 18.4. The summed E-state index contributed by atoms with van der Waals surface area (Å²) in [4.78, 5) is 31.4. The summed E-state index contributed by atoms with van der Waals surface area (Å²) in [5.74, 6) is 0.453. The third-order valence-electron chi connectivity index (χ3n) is 5.85. The number of aromatic nitrogens is 2. The Balaban J connectivity index is 1.96. The maximum absolute atomic E-state index is 13.1. The number of halogens is 1. The molecule has 8 heteroatoms. The lowest BCUT2D eigenvalue weighted by Crippen LogP contribution is -2.72. The number of H-pyrrole nitrogens is 1. The van der Waals surface area contributed by atoms with Crippen LogP contribution in [0.1, 0.15) is 35.1 Å². The minimum Gasteiger partial charge on any atom is -0.507 e. The molecule has 0 saturated carbocycles. The molecular formula is C23H19BrN3O4+. The molecule has 1 unspecified atom stereocenters. The number of hydrogen-bond donors (Lipinski definition) is 3. The topological polar surface area (TPSA) is 98.3 Å².